The minimum atomic E-state index is -0.0149. The third-order valence-electron chi connectivity index (χ3n) is 3.30. The fraction of sp³-hybridized carbons (Fsp3) is 0.667. The van der Waals surface area contributed by atoms with Crippen molar-refractivity contribution in [3.05, 3.63) is 18.7 Å². The Balaban J connectivity index is 2.05. The molecular formula is C12H19N3O2. The van der Waals surface area contributed by atoms with E-state index in [9.17, 15) is 4.79 Å². The summed E-state index contributed by atoms with van der Waals surface area (Å²) in [6.45, 7) is 3.31. The van der Waals surface area contributed by atoms with E-state index in [0.717, 1.165) is 0 Å². The number of rotatable bonds is 5. The van der Waals surface area contributed by atoms with Crippen LogP contribution in [-0.4, -0.2) is 46.8 Å². The van der Waals surface area contributed by atoms with Crippen LogP contribution in [0.1, 0.15) is 19.8 Å². The predicted octanol–water partition coefficient (Wildman–Crippen LogP) is 1.60. The Kier molecular flexibility index (Phi) is 3.78. The second-order valence-corrected chi connectivity index (χ2v) is 4.52. The van der Waals surface area contributed by atoms with Crippen molar-refractivity contribution in [3.8, 4) is 0 Å². The van der Waals surface area contributed by atoms with Gasteiger partial charge in [0.25, 0.3) is 0 Å². The summed E-state index contributed by atoms with van der Waals surface area (Å²) in [6, 6.07) is 0.263. The quantitative estimate of drug-likeness (QED) is 0.781. The van der Waals surface area contributed by atoms with Gasteiger partial charge in [-0.1, -0.05) is 0 Å². The van der Waals surface area contributed by atoms with Gasteiger partial charge in [0.2, 0.25) is 0 Å². The SMILES string of the molecule is COCCN(C(=O)n1ccnc1)C(C)C1CC1. The Morgan fingerprint density at radius 1 is 1.65 bits per heavy atom. The van der Waals surface area contributed by atoms with E-state index in [2.05, 4.69) is 11.9 Å². The number of ether oxygens (including phenoxy) is 1. The highest BCUT2D eigenvalue weighted by Gasteiger charge is 2.34. The number of carbonyl (C=O) groups excluding carboxylic acids is 1. The third-order valence-corrected chi connectivity index (χ3v) is 3.30. The zero-order valence-corrected chi connectivity index (χ0v) is 10.4. The van der Waals surface area contributed by atoms with Gasteiger partial charge in [-0.15, -0.1) is 0 Å². The van der Waals surface area contributed by atoms with E-state index in [1.807, 2.05) is 4.90 Å². The lowest BCUT2D eigenvalue weighted by Gasteiger charge is -2.29. The van der Waals surface area contributed by atoms with Crippen LogP contribution in [-0.2, 0) is 4.74 Å². The summed E-state index contributed by atoms with van der Waals surface area (Å²) in [5.74, 6) is 0.652. The lowest BCUT2D eigenvalue weighted by atomic mass is 10.2. The van der Waals surface area contributed by atoms with E-state index in [-0.39, 0.29) is 12.1 Å². The van der Waals surface area contributed by atoms with Crippen LogP contribution in [0.4, 0.5) is 4.79 Å². The van der Waals surface area contributed by atoms with Crippen molar-refractivity contribution in [2.75, 3.05) is 20.3 Å². The van der Waals surface area contributed by atoms with Crippen molar-refractivity contribution in [2.45, 2.75) is 25.8 Å². The standard InChI is InChI=1S/C12H19N3O2/c1-10(11-3-4-11)15(7-8-17-2)12(16)14-6-5-13-9-14/h5-6,9-11H,3-4,7-8H2,1-2H3. The van der Waals surface area contributed by atoms with Crippen molar-refractivity contribution in [1.82, 2.24) is 14.5 Å². The molecule has 0 N–H and O–H groups in total. The molecule has 0 saturated heterocycles. The van der Waals surface area contributed by atoms with Crippen molar-refractivity contribution in [2.24, 2.45) is 5.92 Å². The van der Waals surface area contributed by atoms with E-state index in [1.165, 1.54) is 17.4 Å². The number of hydrogen-bond donors (Lipinski definition) is 0. The molecule has 1 atom stereocenters. The molecule has 5 heteroatoms. The molecule has 94 valence electrons. The molecule has 1 aromatic rings. The molecule has 0 spiro atoms. The number of methoxy groups -OCH3 is 1. The van der Waals surface area contributed by atoms with E-state index >= 15 is 0 Å². The Morgan fingerprint density at radius 2 is 2.41 bits per heavy atom. The summed E-state index contributed by atoms with van der Waals surface area (Å²) in [7, 11) is 1.65. The van der Waals surface area contributed by atoms with Gasteiger partial charge in [-0.2, -0.15) is 0 Å². The van der Waals surface area contributed by atoms with Crippen LogP contribution in [0.3, 0.4) is 0 Å². The van der Waals surface area contributed by atoms with Gasteiger partial charge in [0.05, 0.1) is 6.61 Å². The summed E-state index contributed by atoms with van der Waals surface area (Å²) < 4.78 is 6.59. The molecule has 1 fully saturated rings. The van der Waals surface area contributed by atoms with Crippen LogP contribution in [0.2, 0.25) is 0 Å². The molecule has 1 unspecified atom stereocenters. The highest BCUT2D eigenvalue weighted by molar-refractivity contribution is 5.77. The van der Waals surface area contributed by atoms with Crippen molar-refractivity contribution in [3.63, 3.8) is 0 Å². The van der Waals surface area contributed by atoms with Gasteiger partial charge in [0, 0.05) is 32.1 Å². The fourth-order valence-electron chi connectivity index (χ4n) is 2.02. The largest absolute Gasteiger partial charge is 0.383 e. The van der Waals surface area contributed by atoms with Crippen LogP contribution < -0.4 is 0 Å². The summed E-state index contributed by atoms with van der Waals surface area (Å²) >= 11 is 0. The van der Waals surface area contributed by atoms with Crippen LogP contribution >= 0.6 is 0 Å². The maximum absolute atomic E-state index is 12.3. The molecule has 1 heterocycles. The average Bonchev–Trinajstić information content (AvgIpc) is 3.04. The zero-order valence-electron chi connectivity index (χ0n) is 10.4. The van der Waals surface area contributed by atoms with Gasteiger partial charge in [-0.05, 0) is 25.7 Å². The van der Waals surface area contributed by atoms with Crippen molar-refractivity contribution in [1.29, 1.82) is 0 Å². The molecule has 1 aliphatic carbocycles. The number of amides is 1. The third kappa shape index (κ3) is 2.85. The van der Waals surface area contributed by atoms with E-state index < -0.39 is 0 Å². The molecular weight excluding hydrogens is 218 g/mol. The van der Waals surface area contributed by atoms with Gasteiger partial charge in [0.15, 0.2) is 0 Å². The highest BCUT2D eigenvalue weighted by atomic mass is 16.5. The first-order chi connectivity index (χ1) is 8.24. The molecule has 1 saturated carbocycles. The van der Waals surface area contributed by atoms with Crippen LogP contribution in [0.5, 0.6) is 0 Å². The first-order valence-corrected chi connectivity index (χ1v) is 6.02. The van der Waals surface area contributed by atoms with Crippen LogP contribution in [0.15, 0.2) is 18.7 Å². The number of hydrogen-bond acceptors (Lipinski definition) is 3. The van der Waals surface area contributed by atoms with Crippen molar-refractivity contribution < 1.29 is 9.53 Å². The molecule has 0 aromatic carbocycles. The van der Waals surface area contributed by atoms with Crippen LogP contribution in [0, 0.1) is 5.92 Å². The molecule has 1 aliphatic rings. The Morgan fingerprint density at radius 3 is 2.94 bits per heavy atom. The predicted molar refractivity (Wildman–Crippen MR) is 63.8 cm³/mol. The molecule has 0 aliphatic heterocycles. The lowest BCUT2D eigenvalue weighted by molar-refractivity contribution is 0.128. The van der Waals surface area contributed by atoms with Gasteiger partial charge >= 0.3 is 6.03 Å². The molecule has 5 nitrogen and oxygen atoms in total. The minimum Gasteiger partial charge on any atom is -0.383 e. The second-order valence-electron chi connectivity index (χ2n) is 4.52. The molecule has 2 rings (SSSR count). The van der Waals surface area contributed by atoms with Crippen molar-refractivity contribution >= 4 is 6.03 Å². The Bertz CT molecular complexity index is 360. The Labute approximate surface area is 101 Å². The van der Waals surface area contributed by atoms with Gasteiger partial charge in [-0.3, -0.25) is 4.57 Å². The van der Waals surface area contributed by atoms with Crippen LogP contribution in [0.25, 0.3) is 0 Å². The van der Waals surface area contributed by atoms with Gasteiger partial charge in [-0.25, -0.2) is 9.78 Å². The lowest BCUT2D eigenvalue weighted by Crippen LogP contribution is -2.43. The summed E-state index contributed by atoms with van der Waals surface area (Å²) in [6.07, 6.45) is 7.29. The van der Waals surface area contributed by atoms with E-state index in [4.69, 9.17) is 4.74 Å². The summed E-state index contributed by atoms with van der Waals surface area (Å²) in [5.41, 5.74) is 0. The van der Waals surface area contributed by atoms with Gasteiger partial charge in [0.1, 0.15) is 6.33 Å². The van der Waals surface area contributed by atoms with Gasteiger partial charge < -0.3 is 9.64 Å². The number of carbonyl (C=O) groups is 1. The smallest absolute Gasteiger partial charge is 0.329 e. The Hall–Kier alpha value is -1.36. The first-order valence-electron chi connectivity index (χ1n) is 6.02. The fourth-order valence-corrected chi connectivity index (χ4v) is 2.02. The molecule has 0 bridgehead atoms. The molecule has 0 radical (unpaired) electrons. The monoisotopic (exact) mass is 237 g/mol. The highest BCUT2D eigenvalue weighted by Crippen LogP contribution is 2.35. The normalized spacial score (nSPS) is 16.8. The second kappa shape index (κ2) is 5.31. The first kappa shape index (κ1) is 12.1. The van der Waals surface area contributed by atoms with E-state index in [1.54, 1.807) is 25.8 Å². The average molecular weight is 237 g/mol. The minimum absolute atomic E-state index is 0.0149. The maximum Gasteiger partial charge on any atom is 0.329 e. The maximum atomic E-state index is 12.3. The number of aromatic nitrogens is 2. The summed E-state index contributed by atoms with van der Waals surface area (Å²) in [5, 5.41) is 0. The topological polar surface area (TPSA) is 47.4 Å². The summed E-state index contributed by atoms with van der Waals surface area (Å²) in [4.78, 5) is 18.1. The number of nitrogens with zero attached hydrogens (tertiary/aromatic N) is 3. The van der Waals surface area contributed by atoms with E-state index in [0.29, 0.717) is 19.1 Å². The molecule has 17 heavy (non-hydrogen) atoms. The molecule has 1 aromatic heterocycles. The molecule has 1 amide bonds. The zero-order chi connectivity index (χ0) is 12.3. The number of imidazole rings is 1.